The van der Waals surface area contributed by atoms with Gasteiger partial charge in [-0.1, -0.05) is 0 Å². The van der Waals surface area contributed by atoms with Crippen molar-refractivity contribution < 1.29 is 19.1 Å². The second-order valence-electron chi connectivity index (χ2n) is 4.39. The van der Waals surface area contributed by atoms with Gasteiger partial charge in [0.15, 0.2) is 11.2 Å². The number of esters is 1. The molecule has 0 aliphatic rings. The number of carbonyl (C=O) groups excluding carboxylic acids is 2. The van der Waals surface area contributed by atoms with Crippen LogP contribution in [0.2, 0.25) is 0 Å². The van der Waals surface area contributed by atoms with Gasteiger partial charge in [0.25, 0.3) is 5.56 Å². The number of nitrogens with two attached hydrogens (primary N) is 1. The van der Waals surface area contributed by atoms with Crippen LogP contribution < -0.4 is 11.3 Å². The Morgan fingerprint density at radius 2 is 2.05 bits per heavy atom. The van der Waals surface area contributed by atoms with Crippen molar-refractivity contribution in [3.05, 3.63) is 16.7 Å². The highest BCUT2D eigenvalue weighted by molar-refractivity contribution is 5.82. The molecule has 118 valence electrons. The first-order chi connectivity index (χ1) is 10.4. The summed E-state index contributed by atoms with van der Waals surface area (Å²) in [5.41, 5.74) is 5.22. The molecule has 10 nitrogen and oxygen atoms in total. The molecule has 0 saturated heterocycles. The summed E-state index contributed by atoms with van der Waals surface area (Å²) < 4.78 is 12.2. The van der Waals surface area contributed by atoms with Crippen molar-refractivity contribution in [3.8, 4) is 0 Å². The number of hydrogen-bond acceptors (Lipinski definition) is 8. The Morgan fingerprint density at radius 1 is 1.32 bits per heavy atom. The molecular weight excluding hydrogens is 294 g/mol. The summed E-state index contributed by atoms with van der Waals surface area (Å²) in [5.74, 6) is -1.15. The van der Waals surface area contributed by atoms with Gasteiger partial charge in [0.1, 0.15) is 13.3 Å². The average Bonchev–Trinajstić information content (AvgIpc) is 2.81. The minimum atomic E-state index is -0.631. The van der Waals surface area contributed by atoms with E-state index in [1.165, 1.54) is 24.7 Å². The molecule has 22 heavy (non-hydrogen) atoms. The van der Waals surface area contributed by atoms with Gasteiger partial charge in [0.05, 0.1) is 12.9 Å². The van der Waals surface area contributed by atoms with Crippen molar-refractivity contribution in [2.45, 2.75) is 20.6 Å². The van der Waals surface area contributed by atoms with Crippen LogP contribution in [0, 0.1) is 0 Å². The van der Waals surface area contributed by atoms with Gasteiger partial charge in [-0.05, 0) is 0 Å². The van der Waals surface area contributed by atoms with Crippen molar-refractivity contribution >= 4 is 29.0 Å². The van der Waals surface area contributed by atoms with E-state index in [-0.39, 0.29) is 37.1 Å². The van der Waals surface area contributed by atoms with Crippen molar-refractivity contribution in [1.29, 1.82) is 0 Å². The highest BCUT2D eigenvalue weighted by atomic mass is 16.6. The zero-order valence-corrected chi connectivity index (χ0v) is 12.1. The van der Waals surface area contributed by atoms with Crippen LogP contribution in [-0.2, 0) is 21.0 Å². The van der Waals surface area contributed by atoms with E-state index in [2.05, 4.69) is 9.97 Å². The fourth-order valence-corrected chi connectivity index (χ4v) is 1.82. The fourth-order valence-electron chi connectivity index (χ4n) is 1.82. The van der Waals surface area contributed by atoms with E-state index in [9.17, 15) is 14.4 Å². The number of hydrogen-bond donors (Lipinski definition) is 1. The van der Waals surface area contributed by atoms with Crippen molar-refractivity contribution in [1.82, 2.24) is 19.1 Å². The predicted octanol–water partition coefficient (Wildman–Crippen LogP) is -0.627. The molecule has 0 amide bonds. The minimum absolute atomic E-state index is 0.0213. The van der Waals surface area contributed by atoms with E-state index >= 15 is 0 Å². The summed E-state index contributed by atoms with van der Waals surface area (Å²) in [6.07, 6.45) is 1.36. The molecule has 2 aromatic heterocycles. The lowest BCUT2D eigenvalue weighted by Gasteiger charge is -2.07. The van der Waals surface area contributed by atoms with Crippen molar-refractivity contribution in [3.63, 3.8) is 0 Å². The summed E-state index contributed by atoms with van der Waals surface area (Å²) in [6.45, 7) is 2.86. The van der Waals surface area contributed by atoms with Crippen molar-refractivity contribution in [2.75, 3.05) is 18.9 Å². The molecule has 2 N–H and O–H groups in total. The van der Waals surface area contributed by atoms with Gasteiger partial charge in [0.2, 0.25) is 11.9 Å². The number of fused-ring (bicyclic) bond motifs is 1. The van der Waals surface area contributed by atoms with Gasteiger partial charge in [0, 0.05) is 13.8 Å². The van der Waals surface area contributed by atoms with E-state index in [1.54, 1.807) is 0 Å². The number of imidazole rings is 1. The van der Waals surface area contributed by atoms with E-state index < -0.39 is 17.4 Å². The van der Waals surface area contributed by atoms with E-state index in [0.29, 0.717) is 0 Å². The summed E-state index contributed by atoms with van der Waals surface area (Å²) in [4.78, 5) is 42.0. The topological polar surface area (TPSA) is 131 Å². The normalized spacial score (nSPS) is 10.8. The van der Waals surface area contributed by atoms with Gasteiger partial charge in [-0.2, -0.15) is 4.98 Å². The molecule has 2 aromatic rings. The van der Waals surface area contributed by atoms with Crippen LogP contribution in [0.1, 0.15) is 18.6 Å². The van der Waals surface area contributed by atoms with E-state index in [0.717, 1.165) is 4.57 Å². The Balaban J connectivity index is 2.18. The van der Waals surface area contributed by atoms with Crippen LogP contribution in [-0.4, -0.2) is 44.2 Å². The molecule has 2 heterocycles. The summed E-state index contributed by atoms with van der Waals surface area (Å²) in [6, 6.07) is 0. The largest absolute Gasteiger partial charge is 0.463 e. The smallest absolute Gasteiger partial charge is 0.302 e. The monoisotopic (exact) mass is 309 g/mol. The average molecular weight is 309 g/mol. The number of anilines is 1. The minimum Gasteiger partial charge on any atom is -0.463 e. The quantitative estimate of drug-likeness (QED) is 0.570. The zero-order valence-electron chi connectivity index (χ0n) is 12.1. The van der Waals surface area contributed by atoms with Crippen LogP contribution in [0.5, 0.6) is 0 Å². The Bertz CT molecular complexity index is 778. The van der Waals surface area contributed by atoms with Crippen LogP contribution >= 0.6 is 0 Å². The number of aromatic nitrogens is 4. The number of nitrogen functional groups attached to an aromatic ring is 1. The van der Waals surface area contributed by atoms with Gasteiger partial charge in [-0.25, -0.2) is 9.55 Å². The highest BCUT2D eigenvalue weighted by Gasteiger charge is 2.16. The maximum Gasteiger partial charge on any atom is 0.302 e. The zero-order chi connectivity index (χ0) is 16.3. The maximum absolute atomic E-state index is 12.1. The SMILES string of the molecule is CC(=O)OCCOCn1cnc2c(=O)n(C(C)=O)c(N)nc21. The predicted molar refractivity (Wildman–Crippen MR) is 75.1 cm³/mol. The third-order valence-corrected chi connectivity index (χ3v) is 2.74. The third kappa shape index (κ3) is 3.11. The molecule has 0 aliphatic heterocycles. The summed E-state index contributed by atoms with van der Waals surface area (Å²) in [5, 5.41) is 0. The molecule has 0 atom stereocenters. The molecule has 0 aliphatic carbocycles. The van der Waals surface area contributed by atoms with E-state index in [4.69, 9.17) is 15.2 Å². The summed E-state index contributed by atoms with van der Waals surface area (Å²) in [7, 11) is 0. The lowest BCUT2D eigenvalue weighted by atomic mass is 10.5. The molecule has 10 heteroatoms. The lowest BCUT2D eigenvalue weighted by Crippen LogP contribution is -2.28. The van der Waals surface area contributed by atoms with Crippen molar-refractivity contribution in [2.24, 2.45) is 0 Å². The highest BCUT2D eigenvalue weighted by Crippen LogP contribution is 2.08. The molecule has 0 unspecified atom stereocenters. The number of carbonyl (C=O) groups is 2. The van der Waals surface area contributed by atoms with Crippen LogP contribution in [0.3, 0.4) is 0 Å². The molecule has 0 fully saturated rings. The molecule has 0 saturated carbocycles. The molecule has 0 spiro atoms. The van der Waals surface area contributed by atoms with Gasteiger partial charge < -0.3 is 15.2 Å². The molecule has 0 aromatic carbocycles. The first kappa shape index (κ1) is 15.6. The number of ether oxygens (including phenoxy) is 2. The van der Waals surface area contributed by atoms with Gasteiger partial charge in [-0.15, -0.1) is 0 Å². The van der Waals surface area contributed by atoms with Crippen LogP contribution in [0.15, 0.2) is 11.1 Å². The first-order valence-corrected chi connectivity index (χ1v) is 6.37. The standard InChI is InChI=1S/C12H15N5O5/c1-7(18)17-11(20)9-10(15-12(17)13)16(5-14-9)6-21-3-4-22-8(2)19/h5H,3-4,6H2,1-2H3,(H2,13,15). The second kappa shape index (κ2) is 6.35. The maximum atomic E-state index is 12.1. The molecule has 2 rings (SSSR count). The molecule has 0 bridgehead atoms. The van der Waals surface area contributed by atoms with Gasteiger partial charge >= 0.3 is 5.97 Å². The van der Waals surface area contributed by atoms with Crippen LogP contribution in [0.25, 0.3) is 11.2 Å². The van der Waals surface area contributed by atoms with Gasteiger partial charge in [-0.3, -0.25) is 19.0 Å². The first-order valence-electron chi connectivity index (χ1n) is 6.37. The lowest BCUT2D eigenvalue weighted by molar-refractivity contribution is -0.142. The summed E-state index contributed by atoms with van der Waals surface area (Å²) >= 11 is 0. The molecule has 0 radical (unpaired) electrons. The number of rotatable bonds is 5. The Labute approximate surface area is 124 Å². The Morgan fingerprint density at radius 3 is 2.68 bits per heavy atom. The van der Waals surface area contributed by atoms with Crippen LogP contribution in [0.4, 0.5) is 5.95 Å². The Hall–Kier alpha value is -2.75. The third-order valence-electron chi connectivity index (χ3n) is 2.74. The Kier molecular flexibility index (Phi) is 4.51. The second-order valence-corrected chi connectivity index (χ2v) is 4.39. The number of nitrogens with zero attached hydrogens (tertiary/aromatic N) is 4. The fraction of sp³-hybridized carbons (Fsp3) is 0.417. The molecular formula is C12H15N5O5. The van der Waals surface area contributed by atoms with E-state index in [1.807, 2.05) is 0 Å².